The molecule has 2 aromatic rings. The minimum atomic E-state index is 0.810. The van der Waals surface area contributed by atoms with E-state index < -0.39 is 0 Å². The first-order chi connectivity index (χ1) is 9.33. The summed E-state index contributed by atoms with van der Waals surface area (Å²) in [7, 11) is 0. The van der Waals surface area contributed by atoms with Gasteiger partial charge in [-0.15, -0.1) is 0 Å². The van der Waals surface area contributed by atoms with E-state index in [9.17, 15) is 0 Å². The van der Waals surface area contributed by atoms with Crippen LogP contribution in [0.5, 0.6) is 5.75 Å². The first kappa shape index (κ1) is 14.1. The van der Waals surface area contributed by atoms with E-state index in [1.54, 1.807) is 11.3 Å². The molecule has 0 unspecified atom stereocenters. The fraction of sp³-hybridized carbons (Fsp3) is 0.533. The molecule has 0 atom stereocenters. The smallest absolute Gasteiger partial charge is 0.183 e. The predicted molar refractivity (Wildman–Crippen MR) is 83.4 cm³/mol. The van der Waals surface area contributed by atoms with Crippen molar-refractivity contribution in [3.63, 3.8) is 0 Å². The van der Waals surface area contributed by atoms with Crippen molar-refractivity contribution in [2.24, 2.45) is 0 Å². The maximum Gasteiger partial charge on any atom is 0.183 e. The Morgan fingerprint density at radius 3 is 2.89 bits per heavy atom. The second-order valence-electron chi connectivity index (χ2n) is 4.59. The standard InChI is InChI=1S/C15H22N2OS/c1-3-5-6-7-10-18-12-8-9-13-14(11-12)19-15(17-13)16-4-2/h8-9,11H,3-7,10H2,1-2H3,(H,16,17). The number of fused-ring (bicyclic) bond motifs is 1. The van der Waals surface area contributed by atoms with Gasteiger partial charge in [0.05, 0.1) is 16.8 Å². The highest BCUT2D eigenvalue weighted by Crippen LogP contribution is 2.29. The molecule has 0 bridgehead atoms. The molecule has 0 saturated carbocycles. The number of anilines is 1. The van der Waals surface area contributed by atoms with Crippen LogP contribution in [0.3, 0.4) is 0 Å². The van der Waals surface area contributed by atoms with Gasteiger partial charge in [0.25, 0.3) is 0 Å². The molecule has 0 radical (unpaired) electrons. The summed E-state index contributed by atoms with van der Waals surface area (Å²) < 4.78 is 6.97. The Morgan fingerprint density at radius 2 is 2.11 bits per heavy atom. The van der Waals surface area contributed by atoms with Crippen LogP contribution in [-0.2, 0) is 0 Å². The molecule has 0 aliphatic rings. The summed E-state index contributed by atoms with van der Waals surface area (Å²) >= 11 is 1.68. The molecular weight excluding hydrogens is 256 g/mol. The van der Waals surface area contributed by atoms with Crippen molar-refractivity contribution in [1.29, 1.82) is 0 Å². The van der Waals surface area contributed by atoms with Crippen molar-refractivity contribution in [1.82, 2.24) is 4.98 Å². The lowest BCUT2D eigenvalue weighted by molar-refractivity contribution is 0.305. The van der Waals surface area contributed by atoms with Crippen LogP contribution in [-0.4, -0.2) is 18.1 Å². The van der Waals surface area contributed by atoms with E-state index in [4.69, 9.17) is 4.74 Å². The highest BCUT2D eigenvalue weighted by Gasteiger charge is 2.04. The van der Waals surface area contributed by atoms with Crippen LogP contribution in [0.1, 0.15) is 39.5 Å². The highest BCUT2D eigenvalue weighted by molar-refractivity contribution is 7.22. The Labute approximate surface area is 119 Å². The van der Waals surface area contributed by atoms with Crippen molar-refractivity contribution >= 4 is 26.7 Å². The van der Waals surface area contributed by atoms with Crippen LogP contribution in [0.15, 0.2) is 18.2 Å². The summed E-state index contributed by atoms with van der Waals surface area (Å²) in [6.45, 7) is 6.02. The van der Waals surface area contributed by atoms with E-state index in [0.717, 1.165) is 36.0 Å². The molecule has 1 aromatic heterocycles. The first-order valence-corrected chi connectivity index (χ1v) is 7.92. The van der Waals surface area contributed by atoms with Crippen LogP contribution in [0, 0.1) is 0 Å². The zero-order valence-corrected chi connectivity index (χ0v) is 12.6. The van der Waals surface area contributed by atoms with Crippen LogP contribution >= 0.6 is 11.3 Å². The van der Waals surface area contributed by atoms with Crippen LogP contribution < -0.4 is 10.1 Å². The van der Waals surface area contributed by atoms with Crippen LogP contribution in [0.25, 0.3) is 10.2 Å². The summed E-state index contributed by atoms with van der Waals surface area (Å²) in [5.74, 6) is 0.954. The summed E-state index contributed by atoms with van der Waals surface area (Å²) in [5, 5.41) is 4.23. The number of hydrogen-bond acceptors (Lipinski definition) is 4. The maximum atomic E-state index is 5.79. The molecule has 0 fully saturated rings. The van der Waals surface area contributed by atoms with Crippen molar-refractivity contribution in [3.8, 4) is 5.75 Å². The van der Waals surface area contributed by atoms with E-state index in [-0.39, 0.29) is 0 Å². The Morgan fingerprint density at radius 1 is 1.21 bits per heavy atom. The molecule has 0 aliphatic heterocycles. The summed E-state index contributed by atoms with van der Waals surface area (Å²) in [5.41, 5.74) is 1.04. The third kappa shape index (κ3) is 4.10. The van der Waals surface area contributed by atoms with Gasteiger partial charge < -0.3 is 10.1 Å². The van der Waals surface area contributed by atoms with Crippen LogP contribution in [0.2, 0.25) is 0 Å². The normalized spacial score (nSPS) is 10.8. The number of nitrogens with one attached hydrogen (secondary N) is 1. The molecule has 0 saturated heterocycles. The number of ether oxygens (including phenoxy) is 1. The molecule has 19 heavy (non-hydrogen) atoms. The zero-order valence-electron chi connectivity index (χ0n) is 11.7. The molecule has 1 heterocycles. The van der Waals surface area contributed by atoms with Gasteiger partial charge in [0.15, 0.2) is 5.13 Å². The van der Waals surface area contributed by atoms with Crippen molar-refractivity contribution in [2.75, 3.05) is 18.5 Å². The minimum Gasteiger partial charge on any atom is -0.494 e. The second-order valence-corrected chi connectivity index (χ2v) is 5.62. The second kappa shape index (κ2) is 7.34. The lowest BCUT2D eigenvalue weighted by Crippen LogP contribution is -1.96. The molecule has 4 heteroatoms. The lowest BCUT2D eigenvalue weighted by Gasteiger charge is -2.05. The van der Waals surface area contributed by atoms with Crippen molar-refractivity contribution in [3.05, 3.63) is 18.2 Å². The SMILES string of the molecule is CCCCCCOc1ccc2nc(NCC)sc2c1. The average Bonchev–Trinajstić information content (AvgIpc) is 2.80. The van der Waals surface area contributed by atoms with E-state index in [1.165, 1.54) is 24.0 Å². The summed E-state index contributed by atoms with van der Waals surface area (Å²) in [6.07, 6.45) is 4.95. The van der Waals surface area contributed by atoms with Gasteiger partial charge in [-0.25, -0.2) is 4.98 Å². The van der Waals surface area contributed by atoms with Gasteiger partial charge in [0.1, 0.15) is 5.75 Å². The minimum absolute atomic E-state index is 0.810. The number of hydrogen-bond donors (Lipinski definition) is 1. The number of benzene rings is 1. The van der Waals surface area contributed by atoms with Gasteiger partial charge in [-0.3, -0.25) is 0 Å². The molecule has 0 spiro atoms. The molecular formula is C15H22N2OS. The van der Waals surface area contributed by atoms with Gasteiger partial charge in [-0.05, 0) is 31.5 Å². The number of aromatic nitrogens is 1. The number of unbranched alkanes of at least 4 members (excludes halogenated alkanes) is 3. The quantitative estimate of drug-likeness (QED) is 0.711. The molecule has 2 rings (SSSR count). The largest absolute Gasteiger partial charge is 0.494 e. The number of rotatable bonds is 8. The van der Waals surface area contributed by atoms with E-state index >= 15 is 0 Å². The Kier molecular flexibility index (Phi) is 5.45. The van der Waals surface area contributed by atoms with Crippen molar-refractivity contribution in [2.45, 2.75) is 39.5 Å². The molecule has 3 nitrogen and oxygen atoms in total. The monoisotopic (exact) mass is 278 g/mol. The third-order valence-corrected chi connectivity index (χ3v) is 3.93. The zero-order chi connectivity index (χ0) is 13.5. The molecule has 104 valence electrons. The Hall–Kier alpha value is -1.29. The molecule has 0 amide bonds. The first-order valence-electron chi connectivity index (χ1n) is 7.10. The van der Waals surface area contributed by atoms with Gasteiger partial charge in [0.2, 0.25) is 0 Å². The van der Waals surface area contributed by atoms with Gasteiger partial charge in [0, 0.05) is 6.54 Å². The average molecular weight is 278 g/mol. The summed E-state index contributed by atoms with van der Waals surface area (Å²) in [4.78, 5) is 4.52. The Balaban J connectivity index is 1.92. The molecule has 1 aromatic carbocycles. The van der Waals surface area contributed by atoms with E-state index in [1.807, 2.05) is 12.1 Å². The number of thiazole rings is 1. The third-order valence-electron chi connectivity index (χ3n) is 2.95. The van der Waals surface area contributed by atoms with Gasteiger partial charge in [-0.2, -0.15) is 0 Å². The van der Waals surface area contributed by atoms with Gasteiger partial charge >= 0.3 is 0 Å². The van der Waals surface area contributed by atoms with E-state index in [2.05, 4.69) is 30.2 Å². The number of nitrogens with zero attached hydrogens (tertiary/aromatic N) is 1. The fourth-order valence-corrected chi connectivity index (χ4v) is 2.90. The molecule has 1 N–H and O–H groups in total. The fourth-order valence-electron chi connectivity index (χ4n) is 1.94. The summed E-state index contributed by atoms with van der Waals surface area (Å²) in [6, 6.07) is 6.14. The molecule has 0 aliphatic carbocycles. The maximum absolute atomic E-state index is 5.79. The lowest BCUT2D eigenvalue weighted by atomic mass is 10.2. The van der Waals surface area contributed by atoms with Crippen LogP contribution in [0.4, 0.5) is 5.13 Å². The Bertz CT molecular complexity index is 510. The van der Waals surface area contributed by atoms with E-state index in [0.29, 0.717) is 0 Å². The highest BCUT2D eigenvalue weighted by atomic mass is 32.1. The topological polar surface area (TPSA) is 34.1 Å². The predicted octanol–water partition coefficient (Wildman–Crippen LogP) is 4.69. The van der Waals surface area contributed by atoms with Crippen molar-refractivity contribution < 1.29 is 4.74 Å². The van der Waals surface area contributed by atoms with Gasteiger partial charge in [-0.1, -0.05) is 37.5 Å².